The number of piperidine rings is 1. The van der Waals surface area contributed by atoms with Gasteiger partial charge in [0.15, 0.2) is 0 Å². The summed E-state index contributed by atoms with van der Waals surface area (Å²) in [7, 11) is -1.92. The van der Waals surface area contributed by atoms with Crippen molar-refractivity contribution >= 4 is 15.9 Å². The van der Waals surface area contributed by atoms with Crippen LogP contribution in [-0.2, 0) is 14.8 Å². The molecule has 1 aliphatic rings. The van der Waals surface area contributed by atoms with Crippen LogP contribution in [-0.4, -0.2) is 45.4 Å². The number of nitrogens with zero attached hydrogens (tertiary/aromatic N) is 1. The van der Waals surface area contributed by atoms with E-state index in [1.807, 2.05) is 13.8 Å². The van der Waals surface area contributed by atoms with Gasteiger partial charge < -0.3 is 10.1 Å². The lowest BCUT2D eigenvalue weighted by Gasteiger charge is -2.30. The lowest BCUT2D eigenvalue weighted by atomic mass is 9.97. The zero-order valence-electron chi connectivity index (χ0n) is 13.8. The largest absolute Gasteiger partial charge is 0.494 e. The minimum absolute atomic E-state index is 0.0149. The Bertz CT molecular complexity index is 665. The molecule has 2 rings (SSSR count). The van der Waals surface area contributed by atoms with Gasteiger partial charge >= 0.3 is 0 Å². The predicted molar refractivity (Wildman–Crippen MR) is 87.9 cm³/mol. The van der Waals surface area contributed by atoms with Crippen LogP contribution in [0.2, 0.25) is 0 Å². The Morgan fingerprint density at radius 1 is 1.35 bits per heavy atom. The molecule has 0 bridgehead atoms. The number of carbonyl (C=O) groups is 1. The molecule has 23 heavy (non-hydrogen) atoms. The highest BCUT2D eigenvalue weighted by Crippen LogP contribution is 2.27. The van der Waals surface area contributed by atoms with Gasteiger partial charge in [0.2, 0.25) is 15.9 Å². The molecule has 0 radical (unpaired) electrons. The van der Waals surface area contributed by atoms with Crippen molar-refractivity contribution in [2.24, 2.45) is 5.92 Å². The molecule has 0 spiro atoms. The van der Waals surface area contributed by atoms with Gasteiger partial charge in [0.05, 0.1) is 11.5 Å². The molecule has 1 fully saturated rings. The molecule has 1 aromatic carbocycles. The Balaban J connectivity index is 2.13. The van der Waals surface area contributed by atoms with Gasteiger partial charge in [0.25, 0.3) is 0 Å². The van der Waals surface area contributed by atoms with Gasteiger partial charge in [0.1, 0.15) is 5.75 Å². The summed E-state index contributed by atoms with van der Waals surface area (Å²) in [6.45, 7) is 5.00. The van der Waals surface area contributed by atoms with Gasteiger partial charge in [0, 0.05) is 26.1 Å². The van der Waals surface area contributed by atoms with E-state index in [1.165, 1.54) is 4.31 Å². The third-order valence-corrected chi connectivity index (χ3v) is 6.05. The van der Waals surface area contributed by atoms with Gasteiger partial charge in [-0.15, -0.1) is 0 Å². The second kappa shape index (κ2) is 7.31. The van der Waals surface area contributed by atoms with E-state index in [9.17, 15) is 13.2 Å². The molecule has 1 heterocycles. The van der Waals surface area contributed by atoms with E-state index in [2.05, 4.69) is 5.32 Å². The molecular weight excluding hydrogens is 316 g/mol. The van der Waals surface area contributed by atoms with Crippen molar-refractivity contribution in [1.82, 2.24) is 9.62 Å². The Morgan fingerprint density at radius 3 is 2.52 bits per heavy atom. The number of amides is 1. The summed E-state index contributed by atoms with van der Waals surface area (Å²) < 4.78 is 32.4. The molecule has 1 amide bonds. The van der Waals surface area contributed by atoms with Gasteiger partial charge in [-0.1, -0.05) is 0 Å². The average Bonchev–Trinajstić information content (AvgIpc) is 2.56. The molecule has 1 N–H and O–H groups in total. The SMILES string of the molecule is CCOc1ccc(S(=O)(=O)N2CCC(C(=O)NC)CC2)cc1C. The fourth-order valence-electron chi connectivity index (χ4n) is 2.81. The molecule has 6 nitrogen and oxygen atoms in total. The van der Waals surface area contributed by atoms with Crippen molar-refractivity contribution in [3.8, 4) is 5.75 Å². The van der Waals surface area contributed by atoms with Gasteiger partial charge in [-0.3, -0.25) is 4.79 Å². The van der Waals surface area contributed by atoms with E-state index < -0.39 is 10.0 Å². The summed E-state index contributed by atoms with van der Waals surface area (Å²) in [6, 6.07) is 4.92. The average molecular weight is 340 g/mol. The summed E-state index contributed by atoms with van der Waals surface area (Å²) in [5, 5.41) is 2.62. The van der Waals surface area contributed by atoms with Crippen molar-refractivity contribution in [3.05, 3.63) is 23.8 Å². The zero-order valence-corrected chi connectivity index (χ0v) is 14.6. The number of sulfonamides is 1. The number of hydrogen-bond acceptors (Lipinski definition) is 4. The number of rotatable bonds is 5. The first-order chi connectivity index (χ1) is 10.9. The summed E-state index contributed by atoms with van der Waals surface area (Å²) in [5.74, 6) is 0.581. The maximum Gasteiger partial charge on any atom is 0.243 e. The quantitative estimate of drug-likeness (QED) is 0.882. The fraction of sp³-hybridized carbons (Fsp3) is 0.562. The molecule has 0 saturated carbocycles. The van der Waals surface area contributed by atoms with Crippen molar-refractivity contribution < 1.29 is 17.9 Å². The summed E-state index contributed by atoms with van der Waals surface area (Å²) in [4.78, 5) is 11.9. The van der Waals surface area contributed by atoms with E-state index in [4.69, 9.17) is 4.74 Å². The minimum atomic E-state index is -3.53. The lowest BCUT2D eigenvalue weighted by Crippen LogP contribution is -2.42. The Kier molecular flexibility index (Phi) is 5.64. The van der Waals surface area contributed by atoms with Crippen molar-refractivity contribution in [2.75, 3.05) is 26.7 Å². The molecule has 7 heteroatoms. The number of nitrogens with one attached hydrogen (secondary N) is 1. The van der Waals surface area contributed by atoms with Crippen LogP contribution in [0.15, 0.2) is 23.1 Å². The van der Waals surface area contributed by atoms with E-state index in [1.54, 1.807) is 25.2 Å². The van der Waals surface area contributed by atoms with Gasteiger partial charge in [-0.25, -0.2) is 8.42 Å². The molecule has 1 aliphatic heterocycles. The van der Waals surface area contributed by atoms with Gasteiger partial charge in [-0.05, 0) is 50.5 Å². The third kappa shape index (κ3) is 3.84. The number of hydrogen-bond donors (Lipinski definition) is 1. The fourth-order valence-corrected chi connectivity index (χ4v) is 4.37. The van der Waals surface area contributed by atoms with Crippen LogP contribution in [0.4, 0.5) is 0 Å². The first-order valence-corrected chi connectivity index (χ1v) is 9.29. The predicted octanol–water partition coefficient (Wildman–Crippen LogP) is 1.54. The van der Waals surface area contributed by atoms with Crippen LogP contribution in [0.25, 0.3) is 0 Å². The topological polar surface area (TPSA) is 75.7 Å². The van der Waals surface area contributed by atoms with Crippen LogP contribution < -0.4 is 10.1 Å². The monoisotopic (exact) mass is 340 g/mol. The third-order valence-electron chi connectivity index (χ3n) is 4.16. The molecule has 128 valence electrons. The molecule has 1 saturated heterocycles. The summed E-state index contributed by atoms with van der Waals surface area (Å²) in [5.41, 5.74) is 0.799. The van der Waals surface area contributed by atoms with Crippen LogP contribution in [0.1, 0.15) is 25.3 Å². The first kappa shape index (κ1) is 17.7. The van der Waals surface area contributed by atoms with E-state index in [0.29, 0.717) is 38.3 Å². The number of ether oxygens (including phenoxy) is 1. The number of benzene rings is 1. The second-order valence-electron chi connectivity index (χ2n) is 5.65. The van der Waals surface area contributed by atoms with E-state index >= 15 is 0 Å². The normalized spacial score (nSPS) is 17.0. The summed E-state index contributed by atoms with van der Waals surface area (Å²) in [6.07, 6.45) is 1.10. The molecule has 0 aliphatic carbocycles. The smallest absolute Gasteiger partial charge is 0.243 e. The molecule has 0 aromatic heterocycles. The number of aryl methyl sites for hydroxylation is 1. The van der Waals surface area contributed by atoms with Crippen molar-refractivity contribution in [2.45, 2.75) is 31.6 Å². The minimum Gasteiger partial charge on any atom is -0.494 e. The zero-order chi connectivity index (χ0) is 17.0. The standard InChI is InChI=1S/C16H24N2O4S/c1-4-22-15-6-5-14(11-12(15)2)23(20,21)18-9-7-13(8-10-18)16(19)17-3/h5-6,11,13H,4,7-10H2,1-3H3,(H,17,19). The Morgan fingerprint density at radius 2 is 2.00 bits per heavy atom. The van der Waals surface area contributed by atoms with E-state index in [0.717, 1.165) is 5.56 Å². The number of carbonyl (C=O) groups excluding carboxylic acids is 1. The van der Waals surface area contributed by atoms with Crippen LogP contribution in [0.3, 0.4) is 0 Å². The lowest BCUT2D eigenvalue weighted by molar-refractivity contribution is -0.125. The Hall–Kier alpha value is -1.60. The van der Waals surface area contributed by atoms with Crippen molar-refractivity contribution in [1.29, 1.82) is 0 Å². The van der Waals surface area contributed by atoms with Crippen LogP contribution in [0, 0.1) is 12.8 Å². The summed E-state index contributed by atoms with van der Waals surface area (Å²) >= 11 is 0. The van der Waals surface area contributed by atoms with Crippen molar-refractivity contribution in [3.63, 3.8) is 0 Å². The van der Waals surface area contributed by atoms with Crippen LogP contribution in [0.5, 0.6) is 5.75 Å². The molecular formula is C16H24N2O4S. The van der Waals surface area contributed by atoms with E-state index in [-0.39, 0.29) is 16.7 Å². The highest BCUT2D eigenvalue weighted by atomic mass is 32.2. The highest BCUT2D eigenvalue weighted by molar-refractivity contribution is 7.89. The van der Waals surface area contributed by atoms with Gasteiger partial charge in [-0.2, -0.15) is 4.31 Å². The Labute approximate surface area is 137 Å². The second-order valence-corrected chi connectivity index (χ2v) is 7.59. The maximum absolute atomic E-state index is 12.7. The maximum atomic E-state index is 12.7. The molecule has 0 atom stereocenters. The molecule has 1 aromatic rings. The van der Waals surface area contributed by atoms with Crippen LogP contribution >= 0.6 is 0 Å². The highest BCUT2D eigenvalue weighted by Gasteiger charge is 2.31. The molecule has 0 unspecified atom stereocenters. The first-order valence-electron chi connectivity index (χ1n) is 7.85.